The van der Waals surface area contributed by atoms with Crippen molar-refractivity contribution in [3.63, 3.8) is 0 Å². The molecule has 1 N–H and O–H groups in total. The number of rotatable bonds is 4. The van der Waals surface area contributed by atoms with E-state index in [1.54, 1.807) is 11.3 Å². The Morgan fingerprint density at radius 1 is 1.48 bits per heavy atom. The molecule has 1 aliphatic carbocycles. The minimum Gasteiger partial charge on any atom is -0.310 e. The molecule has 2 atom stereocenters. The van der Waals surface area contributed by atoms with Crippen LogP contribution in [0.2, 0.25) is 0 Å². The first-order chi connectivity index (χ1) is 10.2. The molecule has 2 unspecified atom stereocenters. The maximum Gasteiger partial charge on any atom is 0.0758 e. The van der Waals surface area contributed by atoms with Crippen LogP contribution in [-0.4, -0.2) is 11.5 Å². The number of hydrogen-bond acceptors (Lipinski definition) is 3. The molecule has 1 aliphatic rings. The van der Waals surface area contributed by atoms with Gasteiger partial charge in [0.15, 0.2) is 0 Å². The standard InChI is InChI=1S/C16H18Br2N2S/c1-2-19-15(12-9-13(17)21-16(12)18)11-7-3-5-10-6-4-8-20-14(10)11/h4,6,8-9,11,15,19H,2-3,5,7H2,1H3. The predicted molar refractivity (Wildman–Crippen MR) is 96.1 cm³/mol. The third kappa shape index (κ3) is 3.26. The largest absolute Gasteiger partial charge is 0.310 e. The first-order valence-electron chi connectivity index (χ1n) is 7.32. The summed E-state index contributed by atoms with van der Waals surface area (Å²) in [5, 5.41) is 3.68. The fourth-order valence-electron chi connectivity index (χ4n) is 3.22. The van der Waals surface area contributed by atoms with Crippen LogP contribution in [0.25, 0.3) is 0 Å². The molecular weight excluding hydrogens is 412 g/mol. The number of likely N-dealkylation sites (N-methyl/N-ethyl adjacent to an activating group) is 1. The maximum atomic E-state index is 4.70. The summed E-state index contributed by atoms with van der Waals surface area (Å²) < 4.78 is 2.38. The zero-order valence-corrected chi connectivity index (χ0v) is 15.9. The Morgan fingerprint density at radius 2 is 2.33 bits per heavy atom. The highest BCUT2D eigenvalue weighted by Crippen LogP contribution is 2.44. The minimum atomic E-state index is 0.320. The van der Waals surface area contributed by atoms with Crippen molar-refractivity contribution < 1.29 is 0 Å². The van der Waals surface area contributed by atoms with Crippen molar-refractivity contribution in [2.75, 3.05) is 6.54 Å². The smallest absolute Gasteiger partial charge is 0.0758 e. The van der Waals surface area contributed by atoms with Gasteiger partial charge in [-0.15, -0.1) is 11.3 Å². The van der Waals surface area contributed by atoms with Crippen LogP contribution in [0.15, 0.2) is 32.0 Å². The minimum absolute atomic E-state index is 0.320. The van der Waals surface area contributed by atoms with Gasteiger partial charge in [-0.25, -0.2) is 0 Å². The molecule has 3 rings (SSSR count). The van der Waals surface area contributed by atoms with Crippen molar-refractivity contribution in [3.05, 3.63) is 48.8 Å². The first-order valence-corrected chi connectivity index (χ1v) is 9.73. The van der Waals surface area contributed by atoms with Crippen molar-refractivity contribution in [2.45, 2.75) is 38.1 Å². The molecule has 2 nitrogen and oxygen atoms in total. The van der Waals surface area contributed by atoms with E-state index in [1.807, 2.05) is 6.20 Å². The number of hydrogen-bond donors (Lipinski definition) is 1. The molecule has 0 saturated carbocycles. The van der Waals surface area contributed by atoms with Crippen LogP contribution in [-0.2, 0) is 6.42 Å². The van der Waals surface area contributed by atoms with Gasteiger partial charge >= 0.3 is 0 Å². The summed E-state index contributed by atoms with van der Waals surface area (Å²) in [6.07, 6.45) is 5.53. The average molecular weight is 430 g/mol. The first kappa shape index (κ1) is 15.7. The van der Waals surface area contributed by atoms with Gasteiger partial charge in [-0.3, -0.25) is 4.98 Å². The molecule has 0 aliphatic heterocycles. The molecule has 0 radical (unpaired) electrons. The van der Waals surface area contributed by atoms with E-state index in [4.69, 9.17) is 4.98 Å². The van der Waals surface area contributed by atoms with E-state index in [9.17, 15) is 0 Å². The highest BCUT2D eigenvalue weighted by Gasteiger charge is 2.31. The number of thiophene rings is 1. The van der Waals surface area contributed by atoms with E-state index in [-0.39, 0.29) is 0 Å². The van der Waals surface area contributed by atoms with Crippen LogP contribution in [0.4, 0.5) is 0 Å². The molecule has 112 valence electrons. The van der Waals surface area contributed by atoms with Crippen molar-refractivity contribution in [2.24, 2.45) is 0 Å². The van der Waals surface area contributed by atoms with Gasteiger partial charge in [-0.1, -0.05) is 13.0 Å². The lowest BCUT2D eigenvalue weighted by Gasteiger charge is -2.32. The maximum absolute atomic E-state index is 4.70. The van der Waals surface area contributed by atoms with Crippen LogP contribution in [0, 0.1) is 0 Å². The van der Waals surface area contributed by atoms with Gasteiger partial charge in [0, 0.05) is 23.9 Å². The average Bonchev–Trinajstić information content (AvgIpc) is 2.83. The van der Waals surface area contributed by atoms with Gasteiger partial charge < -0.3 is 5.32 Å². The zero-order chi connectivity index (χ0) is 14.8. The van der Waals surface area contributed by atoms with E-state index >= 15 is 0 Å². The SMILES string of the molecule is CCNC(c1cc(Br)sc1Br)C1CCCc2cccnc21. The van der Waals surface area contributed by atoms with E-state index in [1.165, 1.54) is 37.2 Å². The monoisotopic (exact) mass is 428 g/mol. The van der Waals surface area contributed by atoms with Crippen LogP contribution < -0.4 is 5.32 Å². The summed E-state index contributed by atoms with van der Waals surface area (Å²) >= 11 is 9.07. The Balaban J connectivity index is 2.01. The Hall–Kier alpha value is -0.230. The lowest BCUT2D eigenvalue weighted by atomic mass is 9.80. The molecule has 0 spiro atoms. The van der Waals surface area contributed by atoms with Crippen molar-refractivity contribution in [1.29, 1.82) is 0 Å². The third-order valence-electron chi connectivity index (χ3n) is 4.08. The second kappa shape index (κ2) is 6.90. The highest BCUT2D eigenvalue weighted by atomic mass is 79.9. The fourth-order valence-corrected chi connectivity index (χ4v) is 6.15. The lowest BCUT2D eigenvalue weighted by Crippen LogP contribution is -2.29. The lowest BCUT2D eigenvalue weighted by molar-refractivity contribution is 0.400. The van der Waals surface area contributed by atoms with Crippen molar-refractivity contribution in [1.82, 2.24) is 10.3 Å². The number of halogens is 2. The molecular formula is C16H18Br2N2S. The topological polar surface area (TPSA) is 24.9 Å². The molecule has 0 amide bonds. The van der Waals surface area contributed by atoms with Crippen molar-refractivity contribution >= 4 is 43.2 Å². The fraction of sp³-hybridized carbons (Fsp3) is 0.438. The number of aryl methyl sites for hydroxylation is 1. The molecule has 5 heteroatoms. The van der Waals surface area contributed by atoms with Gasteiger partial charge in [-0.05, 0) is 80.9 Å². The Morgan fingerprint density at radius 3 is 3.05 bits per heavy atom. The number of fused-ring (bicyclic) bond motifs is 1. The molecule has 21 heavy (non-hydrogen) atoms. The molecule has 0 aromatic carbocycles. The van der Waals surface area contributed by atoms with Crippen LogP contribution in [0.5, 0.6) is 0 Å². The summed E-state index contributed by atoms with van der Waals surface area (Å²) in [5.41, 5.74) is 4.04. The summed E-state index contributed by atoms with van der Waals surface area (Å²) in [4.78, 5) is 4.70. The van der Waals surface area contributed by atoms with Crippen molar-refractivity contribution in [3.8, 4) is 0 Å². The second-order valence-electron chi connectivity index (χ2n) is 5.36. The zero-order valence-electron chi connectivity index (χ0n) is 11.9. The molecule has 2 aromatic heterocycles. The van der Waals surface area contributed by atoms with Gasteiger partial charge in [0.05, 0.1) is 7.57 Å². The molecule has 0 fully saturated rings. The normalized spacial score (nSPS) is 19.3. The van der Waals surface area contributed by atoms with Crippen LogP contribution in [0.1, 0.15) is 48.5 Å². The van der Waals surface area contributed by atoms with Gasteiger partial charge in [0.25, 0.3) is 0 Å². The van der Waals surface area contributed by atoms with E-state index in [0.717, 1.165) is 13.0 Å². The highest BCUT2D eigenvalue weighted by molar-refractivity contribution is 9.12. The summed E-state index contributed by atoms with van der Waals surface area (Å²) in [6, 6.07) is 6.84. The Labute approximate surface area is 146 Å². The summed E-state index contributed by atoms with van der Waals surface area (Å²) in [5.74, 6) is 0.452. The second-order valence-corrected chi connectivity index (χ2v) is 9.11. The molecule has 2 heterocycles. The van der Waals surface area contributed by atoms with Gasteiger partial charge in [-0.2, -0.15) is 0 Å². The van der Waals surface area contributed by atoms with Crippen LogP contribution >= 0.6 is 43.2 Å². The summed E-state index contributed by atoms with van der Waals surface area (Å²) in [7, 11) is 0. The molecule has 0 saturated heterocycles. The number of nitrogens with zero attached hydrogens (tertiary/aromatic N) is 1. The Bertz CT molecular complexity index is 626. The van der Waals surface area contributed by atoms with E-state index in [0.29, 0.717) is 12.0 Å². The summed E-state index contributed by atoms with van der Waals surface area (Å²) in [6.45, 7) is 3.13. The number of aromatic nitrogens is 1. The quantitative estimate of drug-likeness (QED) is 0.699. The molecule has 2 aromatic rings. The number of pyridine rings is 1. The van der Waals surface area contributed by atoms with Gasteiger partial charge in [0.1, 0.15) is 0 Å². The number of nitrogens with one attached hydrogen (secondary N) is 1. The van der Waals surface area contributed by atoms with E-state index < -0.39 is 0 Å². The molecule has 0 bridgehead atoms. The predicted octanol–water partition coefficient (Wildman–Crippen LogP) is 5.44. The Kier molecular flexibility index (Phi) is 5.15. The van der Waals surface area contributed by atoms with E-state index in [2.05, 4.69) is 62.3 Å². The third-order valence-corrected chi connectivity index (χ3v) is 6.47. The van der Waals surface area contributed by atoms with Gasteiger partial charge in [0.2, 0.25) is 0 Å². The van der Waals surface area contributed by atoms with Crippen LogP contribution in [0.3, 0.4) is 0 Å².